The highest BCUT2D eigenvalue weighted by Gasteiger charge is 2.31. The Bertz CT molecular complexity index is 815. The Morgan fingerprint density at radius 3 is 2.47 bits per heavy atom. The van der Waals surface area contributed by atoms with Crippen LogP contribution in [0.1, 0.15) is 42.3 Å². The van der Waals surface area contributed by atoms with Crippen molar-refractivity contribution in [2.24, 2.45) is 0 Å². The third-order valence-electron chi connectivity index (χ3n) is 4.89. The van der Waals surface area contributed by atoms with Crippen LogP contribution in [-0.4, -0.2) is 57.4 Å². The largest absolute Gasteiger partial charge is 0.443 e. The number of rotatable bonds is 6. The molecule has 0 N–H and O–H groups in total. The number of hydrogen-bond donors (Lipinski definition) is 0. The Kier molecular flexibility index (Phi) is 7.48. The lowest BCUT2D eigenvalue weighted by Gasteiger charge is -2.31. The molecule has 1 heterocycles. The van der Waals surface area contributed by atoms with E-state index in [-0.39, 0.29) is 18.0 Å². The second kappa shape index (κ2) is 9.16. The molecule has 6 nitrogen and oxygen atoms in total. The van der Waals surface area contributed by atoms with Gasteiger partial charge >= 0.3 is 6.09 Å². The summed E-state index contributed by atoms with van der Waals surface area (Å²) in [5, 5.41) is 0. The minimum absolute atomic E-state index is 0.0798. The van der Waals surface area contributed by atoms with E-state index in [1.54, 1.807) is 27.7 Å². The van der Waals surface area contributed by atoms with Gasteiger partial charge in [0, 0.05) is 33.8 Å². The van der Waals surface area contributed by atoms with Crippen molar-refractivity contribution >= 4 is 25.6 Å². The van der Waals surface area contributed by atoms with Crippen molar-refractivity contribution in [3.8, 4) is 0 Å². The van der Waals surface area contributed by atoms with Crippen LogP contribution in [0.25, 0.3) is 0 Å². The van der Waals surface area contributed by atoms with Crippen molar-refractivity contribution in [1.29, 1.82) is 0 Å². The van der Waals surface area contributed by atoms with Crippen molar-refractivity contribution in [2.45, 2.75) is 65.5 Å². The Morgan fingerprint density at radius 2 is 1.90 bits per heavy atom. The Balaban J connectivity index is 2.18. The first-order chi connectivity index (χ1) is 13.7. The van der Waals surface area contributed by atoms with Crippen LogP contribution >= 0.6 is 0 Å². The number of fused-ring (bicyclic) bond motifs is 1. The van der Waals surface area contributed by atoms with E-state index in [1.807, 2.05) is 4.90 Å². The SMILES string of the molecule is Cc1c2c(cc(F)c1N(C)C(=O)OC(C)(C)C)CN(COCC[Si](C)(C)C)CC2=O. The molecule has 0 saturated heterocycles. The first-order valence-electron chi connectivity index (χ1n) is 10.3. The predicted molar refractivity (Wildman–Crippen MR) is 119 cm³/mol. The second-order valence-corrected chi connectivity index (χ2v) is 15.8. The van der Waals surface area contributed by atoms with Gasteiger partial charge in [-0.15, -0.1) is 0 Å². The summed E-state index contributed by atoms with van der Waals surface area (Å²) in [6.45, 7) is 15.4. The fourth-order valence-corrected chi connectivity index (χ4v) is 4.18. The maximum absolute atomic E-state index is 15.0. The minimum Gasteiger partial charge on any atom is -0.443 e. The number of anilines is 1. The fourth-order valence-electron chi connectivity index (χ4n) is 3.42. The topological polar surface area (TPSA) is 59.1 Å². The second-order valence-electron chi connectivity index (χ2n) is 10.2. The van der Waals surface area contributed by atoms with E-state index in [1.165, 1.54) is 13.1 Å². The third-order valence-corrected chi connectivity index (χ3v) is 6.60. The van der Waals surface area contributed by atoms with Crippen LogP contribution in [-0.2, 0) is 16.0 Å². The van der Waals surface area contributed by atoms with E-state index in [0.717, 1.165) is 10.9 Å². The minimum atomic E-state index is -1.17. The van der Waals surface area contributed by atoms with Crippen molar-refractivity contribution < 1.29 is 23.5 Å². The number of Topliss-reactive ketones (excluding diaryl/α,β-unsaturated/α-hetero) is 1. The number of amides is 1. The maximum Gasteiger partial charge on any atom is 0.414 e. The Hall–Kier alpha value is -1.77. The molecule has 0 radical (unpaired) electrons. The maximum atomic E-state index is 15.0. The van der Waals surface area contributed by atoms with Crippen molar-refractivity contribution in [2.75, 3.05) is 31.8 Å². The quantitative estimate of drug-likeness (QED) is 0.471. The summed E-state index contributed by atoms with van der Waals surface area (Å²) in [6, 6.07) is 2.41. The van der Waals surface area contributed by atoms with Gasteiger partial charge in [-0.1, -0.05) is 19.6 Å². The number of ketones is 1. The molecule has 2 rings (SSSR count). The normalized spacial score (nSPS) is 15.2. The van der Waals surface area contributed by atoms with Gasteiger partial charge in [-0.25, -0.2) is 9.18 Å². The molecule has 1 amide bonds. The summed E-state index contributed by atoms with van der Waals surface area (Å²) in [4.78, 5) is 28.3. The zero-order chi connectivity index (χ0) is 22.9. The van der Waals surface area contributed by atoms with Gasteiger partial charge in [0.05, 0.1) is 19.0 Å². The van der Waals surface area contributed by atoms with E-state index < -0.39 is 25.6 Å². The van der Waals surface area contributed by atoms with Crippen LogP contribution in [0.15, 0.2) is 6.07 Å². The van der Waals surface area contributed by atoms with Crippen LogP contribution in [0, 0.1) is 12.7 Å². The molecule has 1 aliphatic heterocycles. The smallest absolute Gasteiger partial charge is 0.414 e. The number of carbonyl (C=O) groups excluding carboxylic acids is 2. The van der Waals surface area contributed by atoms with Crippen molar-refractivity contribution in [3.63, 3.8) is 0 Å². The molecule has 0 spiro atoms. The molecule has 0 fully saturated rings. The molecule has 0 atom stereocenters. The average molecular weight is 439 g/mol. The first kappa shape index (κ1) is 24.5. The molecule has 8 heteroatoms. The Labute approximate surface area is 180 Å². The van der Waals surface area contributed by atoms with Crippen LogP contribution in [0.4, 0.5) is 14.9 Å². The summed E-state index contributed by atoms with van der Waals surface area (Å²) in [7, 11) is 0.282. The summed E-state index contributed by atoms with van der Waals surface area (Å²) >= 11 is 0. The summed E-state index contributed by atoms with van der Waals surface area (Å²) < 4.78 is 26.1. The molecular formula is C22H35FN2O4Si. The van der Waals surface area contributed by atoms with Crippen molar-refractivity contribution in [1.82, 2.24) is 4.90 Å². The molecule has 1 aliphatic rings. The van der Waals surface area contributed by atoms with E-state index in [9.17, 15) is 14.0 Å². The molecule has 0 bridgehead atoms. The van der Waals surface area contributed by atoms with Gasteiger partial charge < -0.3 is 9.47 Å². The van der Waals surface area contributed by atoms with Crippen LogP contribution < -0.4 is 4.90 Å². The number of ether oxygens (including phenoxy) is 2. The van der Waals surface area contributed by atoms with Gasteiger partial charge in [0.15, 0.2) is 5.78 Å². The molecule has 0 aliphatic carbocycles. The number of halogens is 1. The van der Waals surface area contributed by atoms with Gasteiger partial charge in [-0.05, 0) is 50.9 Å². The number of benzene rings is 1. The molecule has 30 heavy (non-hydrogen) atoms. The molecular weight excluding hydrogens is 403 g/mol. The highest BCUT2D eigenvalue weighted by molar-refractivity contribution is 6.76. The van der Waals surface area contributed by atoms with Gasteiger partial charge in [-0.2, -0.15) is 0 Å². The van der Waals surface area contributed by atoms with Crippen LogP contribution in [0.5, 0.6) is 0 Å². The monoisotopic (exact) mass is 438 g/mol. The van der Waals surface area contributed by atoms with Gasteiger partial charge in [-0.3, -0.25) is 14.6 Å². The van der Waals surface area contributed by atoms with E-state index in [0.29, 0.717) is 36.6 Å². The number of nitrogens with zero attached hydrogens (tertiary/aromatic N) is 2. The predicted octanol–water partition coefficient (Wildman–Crippen LogP) is 4.82. The standard InChI is InChI=1S/C22H35FN2O4Si/c1-15-19-16(11-17(23)20(15)24(5)21(27)29-22(2,3)4)12-25(13-18(19)26)14-28-9-10-30(6,7)8/h11H,9-10,12-14H2,1-8H3. The lowest BCUT2D eigenvalue weighted by Crippen LogP contribution is -2.39. The Morgan fingerprint density at radius 1 is 1.27 bits per heavy atom. The molecule has 1 aromatic rings. The van der Waals surface area contributed by atoms with E-state index >= 15 is 0 Å². The third kappa shape index (κ3) is 6.36. The molecule has 0 saturated carbocycles. The summed E-state index contributed by atoms with van der Waals surface area (Å²) in [5.74, 6) is -0.643. The molecule has 0 unspecified atom stereocenters. The summed E-state index contributed by atoms with van der Waals surface area (Å²) in [5.41, 5.74) is 0.950. The lowest BCUT2D eigenvalue weighted by molar-refractivity contribution is 0.0268. The van der Waals surface area contributed by atoms with E-state index in [4.69, 9.17) is 9.47 Å². The van der Waals surface area contributed by atoms with Gasteiger partial charge in [0.1, 0.15) is 11.4 Å². The van der Waals surface area contributed by atoms with Gasteiger partial charge in [0.25, 0.3) is 0 Å². The molecule has 168 valence electrons. The first-order valence-corrected chi connectivity index (χ1v) is 14.0. The number of carbonyl (C=O) groups is 2. The highest BCUT2D eigenvalue weighted by atomic mass is 28.3. The lowest BCUT2D eigenvalue weighted by atomic mass is 9.92. The average Bonchev–Trinajstić information content (AvgIpc) is 2.55. The summed E-state index contributed by atoms with van der Waals surface area (Å²) in [6.07, 6.45) is -0.662. The van der Waals surface area contributed by atoms with E-state index in [2.05, 4.69) is 19.6 Å². The zero-order valence-electron chi connectivity index (χ0n) is 19.5. The van der Waals surface area contributed by atoms with Crippen LogP contribution in [0.2, 0.25) is 25.7 Å². The van der Waals surface area contributed by atoms with Gasteiger partial charge in [0.2, 0.25) is 0 Å². The number of hydrogen-bond acceptors (Lipinski definition) is 5. The highest BCUT2D eigenvalue weighted by Crippen LogP contribution is 2.33. The fraction of sp³-hybridized carbons (Fsp3) is 0.636. The van der Waals surface area contributed by atoms with Crippen LogP contribution in [0.3, 0.4) is 0 Å². The van der Waals surface area contributed by atoms with Crippen molar-refractivity contribution in [3.05, 3.63) is 28.6 Å². The zero-order valence-corrected chi connectivity index (χ0v) is 20.5. The molecule has 0 aromatic heterocycles. The molecule has 1 aromatic carbocycles.